The van der Waals surface area contributed by atoms with Gasteiger partial charge < -0.3 is 10.1 Å². The summed E-state index contributed by atoms with van der Waals surface area (Å²) in [6.45, 7) is 3.37. The fourth-order valence-corrected chi connectivity index (χ4v) is 3.65. The molecule has 164 valence electrons. The molecule has 1 saturated heterocycles. The summed E-state index contributed by atoms with van der Waals surface area (Å²) in [7, 11) is 0. The Hall–Kier alpha value is -4.08. The molecule has 2 aromatic rings. The zero-order valence-electron chi connectivity index (χ0n) is 17.4. The first-order chi connectivity index (χ1) is 15.3. The molecular weight excluding hydrogens is 416 g/mol. The van der Waals surface area contributed by atoms with Gasteiger partial charge in [-0.25, -0.2) is 0 Å². The molecule has 2 aliphatic rings. The molecule has 0 radical (unpaired) electrons. The molecule has 32 heavy (non-hydrogen) atoms. The predicted octanol–water partition coefficient (Wildman–Crippen LogP) is 1.12. The minimum atomic E-state index is -1.04. The standard InChI is InChI=1S/C22H20N4O6/c1-11-12(2)23-8-7-16(11)24-19(28)10-32-13-3-4-14-15(9-13)22(31)26(21(14)30)17-5-6-18(27)25-20(17)29/h3-4,7-9,17H,5-6,10H2,1-2H3,(H,23,24,28)(H,25,27,29). The number of nitrogens with zero attached hydrogens (tertiary/aromatic N) is 2. The van der Waals surface area contributed by atoms with E-state index in [0.717, 1.165) is 16.2 Å². The lowest BCUT2D eigenvalue weighted by molar-refractivity contribution is -0.136. The third-order valence-electron chi connectivity index (χ3n) is 5.51. The molecule has 1 aromatic carbocycles. The summed E-state index contributed by atoms with van der Waals surface area (Å²) in [6.07, 6.45) is 1.72. The number of fused-ring (bicyclic) bond motifs is 1. The van der Waals surface area contributed by atoms with Gasteiger partial charge in [-0.3, -0.25) is 39.2 Å². The summed E-state index contributed by atoms with van der Waals surface area (Å²) in [5, 5.41) is 4.89. The van der Waals surface area contributed by atoms with Crippen LogP contribution in [0.5, 0.6) is 5.75 Å². The molecule has 4 rings (SSSR count). The number of piperidine rings is 1. The second kappa shape index (κ2) is 8.22. The Labute approximate surface area is 182 Å². The van der Waals surface area contributed by atoms with Gasteiger partial charge in [0.15, 0.2) is 6.61 Å². The average Bonchev–Trinajstić information content (AvgIpc) is 3.00. The molecule has 1 aromatic heterocycles. The number of pyridine rings is 1. The van der Waals surface area contributed by atoms with Gasteiger partial charge in [-0.15, -0.1) is 0 Å². The molecule has 10 nitrogen and oxygen atoms in total. The lowest BCUT2D eigenvalue weighted by Gasteiger charge is -2.27. The van der Waals surface area contributed by atoms with Crippen LogP contribution in [-0.4, -0.2) is 52.1 Å². The highest BCUT2D eigenvalue weighted by Gasteiger charge is 2.44. The van der Waals surface area contributed by atoms with Crippen molar-refractivity contribution in [3.8, 4) is 5.75 Å². The van der Waals surface area contributed by atoms with E-state index < -0.39 is 35.6 Å². The van der Waals surface area contributed by atoms with Gasteiger partial charge in [0, 0.05) is 24.0 Å². The highest BCUT2D eigenvalue weighted by atomic mass is 16.5. The van der Waals surface area contributed by atoms with Crippen molar-refractivity contribution in [3.05, 3.63) is 52.8 Å². The topological polar surface area (TPSA) is 135 Å². The minimum absolute atomic E-state index is 0.0454. The monoisotopic (exact) mass is 436 g/mol. The molecule has 5 amide bonds. The second-order valence-corrected chi connectivity index (χ2v) is 7.56. The summed E-state index contributed by atoms with van der Waals surface area (Å²) in [4.78, 5) is 66.3. The number of carbonyl (C=O) groups excluding carboxylic acids is 5. The number of nitrogens with one attached hydrogen (secondary N) is 2. The van der Waals surface area contributed by atoms with E-state index in [1.54, 1.807) is 12.3 Å². The lowest BCUT2D eigenvalue weighted by Crippen LogP contribution is -2.54. The Balaban J connectivity index is 1.44. The number of aryl methyl sites for hydroxylation is 1. The quantitative estimate of drug-likeness (QED) is 0.671. The Kier molecular flexibility index (Phi) is 5.43. The number of hydrogen-bond acceptors (Lipinski definition) is 7. The molecule has 0 bridgehead atoms. The van der Waals surface area contributed by atoms with Crippen molar-refractivity contribution in [2.75, 3.05) is 11.9 Å². The van der Waals surface area contributed by atoms with E-state index in [0.29, 0.717) is 5.69 Å². The van der Waals surface area contributed by atoms with Crippen LogP contribution in [0.25, 0.3) is 0 Å². The predicted molar refractivity (Wildman–Crippen MR) is 111 cm³/mol. The van der Waals surface area contributed by atoms with Crippen molar-refractivity contribution < 1.29 is 28.7 Å². The molecule has 10 heteroatoms. The molecule has 1 atom stereocenters. The van der Waals surface area contributed by atoms with Crippen LogP contribution in [0.15, 0.2) is 30.5 Å². The zero-order valence-corrected chi connectivity index (χ0v) is 17.4. The smallest absolute Gasteiger partial charge is 0.262 e. The highest BCUT2D eigenvalue weighted by Crippen LogP contribution is 2.30. The maximum atomic E-state index is 12.8. The fourth-order valence-electron chi connectivity index (χ4n) is 3.65. The molecule has 0 spiro atoms. The Morgan fingerprint density at radius 2 is 1.91 bits per heavy atom. The zero-order chi connectivity index (χ0) is 23.0. The number of hydrogen-bond donors (Lipinski definition) is 2. The average molecular weight is 436 g/mol. The van der Waals surface area contributed by atoms with Gasteiger partial charge in [-0.2, -0.15) is 0 Å². The number of ether oxygens (including phenoxy) is 1. The van der Waals surface area contributed by atoms with E-state index in [4.69, 9.17) is 4.74 Å². The Bertz CT molecular complexity index is 1180. The molecule has 3 heterocycles. The first-order valence-electron chi connectivity index (χ1n) is 9.96. The van der Waals surface area contributed by atoms with Crippen molar-refractivity contribution in [2.24, 2.45) is 0 Å². The van der Waals surface area contributed by atoms with Gasteiger partial charge in [0.1, 0.15) is 11.8 Å². The molecule has 1 fully saturated rings. The third-order valence-corrected chi connectivity index (χ3v) is 5.51. The van der Waals surface area contributed by atoms with Crippen LogP contribution in [0.1, 0.15) is 44.8 Å². The van der Waals surface area contributed by atoms with Gasteiger partial charge in [0.2, 0.25) is 11.8 Å². The van der Waals surface area contributed by atoms with Crippen LogP contribution in [0.4, 0.5) is 5.69 Å². The van der Waals surface area contributed by atoms with Crippen LogP contribution in [0.2, 0.25) is 0 Å². The Morgan fingerprint density at radius 1 is 1.16 bits per heavy atom. The third kappa shape index (κ3) is 3.82. The van der Waals surface area contributed by atoms with Crippen molar-refractivity contribution >= 4 is 35.2 Å². The second-order valence-electron chi connectivity index (χ2n) is 7.56. The summed E-state index contributed by atoms with van der Waals surface area (Å²) >= 11 is 0. The first kappa shape index (κ1) is 21.2. The SMILES string of the molecule is Cc1nccc(NC(=O)COc2ccc3c(c2)C(=O)N(C2CCC(=O)NC2=O)C3=O)c1C. The number of rotatable bonds is 5. The van der Waals surface area contributed by atoms with Crippen LogP contribution >= 0.6 is 0 Å². The van der Waals surface area contributed by atoms with Gasteiger partial charge in [0.05, 0.1) is 11.1 Å². The normalized spacial score (nSPS) is 17.8. The number of carbonyl (C=O) groups is 5. The lowest BCUT2D eigenvalue weighted by atomic mass is 10.0. The number of anilines is 1. The van der Waals surface area contributed by atoms with Crippen LogP contribution in [0.3, 0.4) is 0 Å². The molecule has 0 aliphatic carbocycles. The van der Waals surface area contributed by atoms with Crippen LogP contribution in [-0.2, 0) is 14.4 Å². The first-order valence-corrected chi connectivity index (χ1v) is 9.96. The van der Waals surface area contributed by atoms with Crippen LogP contribution in [0, 0.1) is 13.8 Å². The number of amides is 5. The number of aromatic nitrogens is 1. The van der Waals surface area contributed by atoms with Crippen molar-refractivity contribution in [3.63, 3.8) is 0 Å². The van der Waals surface area contributed by atoms with E-state index in [1.165, 1.54) is 18.2 Å². The summed E-state index contributed by atoms with van der Waals surface area (Å²) < 4.78 is 5.50. The van der Waals surface area contributed by atoms with Crippen LogP contribution < -0.4 is 15.4 Å². The van der Waals surface area contributed by atoms with Crippen molar-refractivity contribution in [1.29, 1.82) is 0 Å². The maximum absolute atomic E-state index is 12.8. The van der Waals surface area contributed by atoms with E-state index in [1.807, 2.05) is 13.8 Å². The maximum Gasteiger partial charge on any atom is 0.262 e. The van der Waals surface area contributed by atoms with Gasteiger partial charge >= 0.3 is 0 Å². The highest BCUT2D eigenvalue weighted by molar-refractivity contribution is 6.23. The largest absolute Gasteiger partial charge is 0.484 e. The van der Waals surface area contributed by atoms with Gasteiger partial charge in [-0.05, 0) is 50.1 Å². The molecular formula is C22H20N4O6. The summed E-state index contributed by atoms with van der Waals surface area (Å²) in [5.74, 6) is -2.52. The summed E-state index contributed by atoms with van der Waals surface area (Å²) in [6, 6.07) is 4.92. The fraction of sp³-hybridized carbons (Fsp3) is 0.273. The number of benzene rings is 1. The molecule has 2 N–H and O–H groups in total. The minimum Gasteiger partial charge on any atom is -0.484 e. The van der Waals surface area contributed by atoms with E-state index in [2.05, 4.69) is 15.6 Å². The molecule has 1 unspecified atom stereocenters. The van der Waals surface area contributed by atoms with Crippen molar-refractivity contribution in [2.45, 2.75) is 32.7 Å². The van der Waals surface area contributed by atoms with E-state index in [-0.39, 0.29) is 36.3 Å². The van der Waals surface area contributed by atoms with Gasteiger partial charge in [0.25, 0.3) is 17.7 Å². The van der Waals surface area contributed by atoms with E-state index in [9.17, 15) is 24.0 Å². The summed E-state index contributed by atoms with van der Waals surface area (Å²) in [5.41, 5.74) is 2.49. The van der Waals surface area contributed by atoms with Gasteiger partial charge in [-0.1, -0.05) is 0 Å². The molecule has 2 aliphatic heterocycles. The van der Waals surface area contributed by atoms with Crippen molar-refractivity contribution in [1.82, 2.24) is 15.2 Å². The molecule has 0 saturated carbocycles. The van der Waals surface area contributed by atoms with E-state index >= 15 is 0 Å². The number of imide groups is 2. The Morgan fingerprint density at radius 3 is 2.66 bits per heavy atom.